The first-order valence-corrected chi connectivity index (χ1v) is 9.24. The number of halogens is 1. The number of rotatable bonds is 7. The highest BCUT2D eigenvalue weighted by Crippen LogP contribution is 2.25. The molecule has 28 heavy (non-hydrogen) atoms. The normalized spacial score (nSPS) is 18.1. The lowest BCUT2D eigenvalue weighted by molar-refractivity contribution is -0.143. The summed E-state index contributed by atoms with van der Waals surface area (Å²) in [5.41, 5.74) is 0.794. The minimum absolute atomic E-state index is 0.0883. The van der Waals surface area contributed by atoms with Crippen LogP contribution in [0.1, 0.15) is 31.2 Å². The van der Waals surface area contributed by atoms with E-state index in [1.54, 1.807) is 14.0 Å². The van der Waals surface area contributed by atoms with Crippen LogP contribution in [0.4, 0.5) is 0 Å². The number of hydrogen-bond acceptors (Lipinski definition) is 5. The van der Waals surface area contributed by atoms with Gasteiger partial charge in [-0.15, -0.1) is 0 Å². The number of ether oxygens (including phenoxy) is 1. The van der Waals surface area contributed by atoms with E-state index < -0.39 is 24.0 Å². The molecule has 2 aromatic carbocycles. The molecule has 0 saturated carbocycles. The number of carboxylic acids is 1. The topological polar surface area (TPSA) is 97.2 Å². The lowest BCUT2D eigenvalue weighted by atomic mass is 9.96. The Balaban J connectivity index is 1.70. The van der Waals surface area contributed by atoms with E-state index >= 15 is 0 Å². The van der Waals surface area contributed by atoms with E-state index in [4.69, 9.17) is 21.2 Å². The van der Waals surface area contributed by atoms with Gasteiger partial charge in [-0.05, 0) is 35.4 Å². The molecule has 2 N–H and O–H groups in total. The predicted octanol–water partition coefficient (Wildman–Crippen LogP) is 3.25. The molecule has 7 nitrogen and oxygen atoms in total. The fourth-order valence-corrected chi connectivity index (χ4v) is 3.30. The quantitative estimate of drug-likeness (QED) is 0.738. The molecule has 3 unspecified atom stereocenters. The lowest BCUT2D eigenvalue weighted by Crippen LogP contribution is -2.44. The van der Waals surface area contributed by atoms with Crippen molar-refractivity contribution in [3.63, 3.8) is 0 Å². The maximum absolute atomic E-state index is 12.6. The number of fused-ring (bicyclic) bond motifs is 1. The molecule has 3 atom stereocenters. The van der Waals surface area contributed by atoms with Crippen LogP contribution in [0.3, 0.4) is 0 Å². The van der Waals surface area contributed by atoms with Gasteiger partial charge in [0.15, 0.2) is 0 Å². The number of nitrogens with zero attached hydrogens (tertiary/aromatic N) is 1. The zero-order valence-corrected chi connectivity index (χ0v) is 16.3. The summed E-state index contributed by atoms with van der Waals surface area (Å²) in [6.45, 7) is 1.74. The number of oxime groups is 1. The first-order valence-electron chi connectivity index (χ1n) is 8.86. The average Bonchev–Trinajstić information content (AvgIpc) is 3.10. The second-order valence-corrected chi connectivity index (χ2v) is 7.16. The first kappa shape index (κ1) is 19.9. The third kappa shape index (κ3) is 4.54. The molecule has 3 rings (SSSR count). The van der Waals surface area contributed by atoms with Crippen molar-refractivity contribution in [1.82, 2.24) is 5.32 Å². The third-order valence-corrected chi connectivity index (χ3v) is 5.00. The van der Waals surface area contributed by atoms with E-state index in [1.807, 2.05) is 36.4 Å². The third-order valence-electron chi connectivity index (χ3n) is 4.77. The molecule has 0 aliphatic carbocycles. The predicted molar refractivity (Wildman–Crippen MR) is 106 cm³/mol. The van der Waals surface area contributed by atoms with E-state index in [2.05, 4.69) is 10.5 Å². The van der Waals surface area contributed by atoms with Crippen molar-refractivity contribution in [1.29, 1.82) is 0 Å². The number of methoxy groups -OCH3 is 1. The highest BCUT2D eigenvalue weighted by molar-refractivity contribution is 6.65. The minimum Gasteiger partial charge on any atom is -0.497 e. The highest BCUT2D eigenvalue weighted by atomic mass is 35.5. The van der Waals surface area contributed by atoms with Gasteiger partial charge in [-0.1, -0.05) is 41.0 Å². The summed E-state index contributed by atoms with van der Waals surface area (Å²) >= 11 is 5.76. The van der Waals surface area contributed by atoms with Gasteiger partial charge in [-0.2, -0.15) is 0 Å². The molecule has 0 saturated heterocycles. The van der Waals surface area contributed by atoms with Crippen molar-refractivity contribution in [2.45, 2.75) is 37.8 Å². The van der Waals surface area contributed by atoms with E-state index in [9.17, 15) is 14.7 Å². The second-order valence-electron chi connectivity index (χ2n) is 6.73. The molecular weight excluding hydrogens is 384 g/mol. The Morgan fingerprint density at radius 3 is 2.68 bits per heavy atom. The lowest BCUT2D eigenvalue weighted by Gasteiger charge is -2.20. The van der Waals surface area contributed by atoms with Crippen LogP contribution < -0.4 is 10.1 Å². The summed E-state index contributed by atoms with van der Waals surface area (Å²) in [4.78, 5) is 29.3. The Kier molecular flexibility index (Phi) is 6.04. The molecule has 0 aromatic heterocycles. The Labute approximate surface area is 167 Å². The van der Waals surface area contributed by atoms with E-state index in [0.29, 0.717) is 11.6 Å². The molecule has 1 amide bonds. The van der Waals surface area contributed by atoms with Crippen molar-refractivity contribution in [3.8, 4) is 5.75 Å². The number of aliphatic carboxylic acids is 1. The summed E-state index contributed by atoms with van der Waals surface area (Å²) in [5, 5.41) is 17.9. The molecule has 0 bridgehead atoms. The fourth-order valence-electron chi connectivity index (χ4n) is 3.09. The van der Waals surface area contributed by atoms with Gasteiger partial charge in [0, 0.05) is 12.8 Å². The Bertz CT molecular complexity index is 930. The van der Waals surface area contributed by atoms with Crippen LogP contribution in [-0.2, 0) is 14.4 Å². The summed E-state index contributed by atoms with van der Waals surface area (Å²) < 4.78 is 5.22. The van der Waals surface area contributed by atoms with Gasteiger partial charge < -0.3 is 20.0 Å². The Morgan fingerprint density at radius 1 is 1.32 bits per heavy atom. The maximum Gasteiger partial charge on any atom is 0.326 e. The van der Waals surface area contributed by atoms with Crippen molar-refractivity contribution in [2.24, 2.45) is 5.16 Å². The molecular formula is C20H21ClN2O5. The van der Waals surface area contributed by atoms with E-state index in [-0.39, 0.29) is 12.3 Å². The summed E-state index contributed by atoms with van der Waals surface area (Å²) in [7, 11) is 1.61. The maximum atomic E-state index is 12.6. The average molecular weight is 405 g/mol. The monoisotopic (exact) mass is 404 g/mol. The fraction of sp³-hybridized carbons (Fsp3) is 0.350. The standard InChI is InChI=1S/C20H21ClN2O5/c1-11(12-3-4-14-8-15(27-2)6-5-13(14)7-12)19(24)22-17(20(25)26)9-16-10-18(21)23-28-16/h3-8,11,16-17H,9-10H2,1-2H3,(H,22,24)(H,25,26). The molecule has 0 spiro atoms. The number of carboxylic acid groups (broad SMARTS) is 1. The molecule has 148 valence electrons. The van der Waals surface area contributed by atoms with E-state index in [1.165, 1.54) is 0 Å². The smallest absolute Gasteiger partial charge is 0.326 e. The van der Waals surface area contributed by atoms with E-state index in [0.717, 1.165) is 22.1 Å². The largest absolute Gasteiger partial charge is 0.497 e. The second kappa shape index (κ2) is 8.48. The molecule has 1 heterocycles. The molecule has 0 radical (unpaired) electrons. The Hall–Kier alpha value is -2.80. The highest BCUT2D eigenvalue weighted by Gasteiger charge is 2.30. The van der Waals surface area contributed by atoms with Gasteiger partial charge in [0.05, 0.1) is 13.0 Å². The van der Waals surface area contributed by atoms with Crippen molar-refractivity contribution < 1.29 is 24.3 Å². The van der Waals surface area contributed by atoms with Crippen LogP contribution in [0.2, 0.25) is 0 Å². The number of benzene rings is 2. The van der Waals surface area contributed by atoms with Crippen LogP contribution in [0, 0.1) is 0 Å². The zero-order valence-electron chi connectivity index (χ0n) is 15.5. The molecule has 1 aliphatic heterocycles. The van der Waals surface area contributed by atoms with Gasteiger partial charge in [0.25, 0.3) is 0 Å². The van der Waals surface area contributed by atoms with Crippen molar-refractivity contribution >= 4 is 39.4 Å². The van der Waals surface area contributed by atoms with Crippen molar-refractivity contribution in [2.75, 3.05) is 7.11 Å². The van der Waals surface area contributed by atoms with Crippen LogP contribution in [0.15, 0.2) is 41.6 Å². The zero-order chi connectivity index (χ0) is 20.3. The number of nitrogens with one attached hydrogen (secondary N) is 1. The molecule has 2 aromatic rings. The van der Waals surface area contributed by atoms with Gasteiger partial charge in [-0.25, -0.2) is 4.79 Å². The van der Waals surface area contributed by atoms with Crippen LogP contribution >= 0.6 is 11.6 Å². The Morgan fingerprint density at radius 2 is 2.04 bits per heavy atom. The summed E-state index contributed by atoms with van der Waals surface area (Å²) in [6.07, 6.45) is -0.0320. The van der Waals surface area contributed by atoms with Crippen molar-refractivity contribution in [3.05, 3.63) is 42.0 Å². The van der Waals surface area contributed by atoms with Crippen LogP contribution in [0.5, 0.6) is 5.75 Å². The van der Waals surface area contributed by atoms with Crippen LogP contribution in [0.25, 0.3) is 10.8 Å². The first-order chi connectivity index (χ1) is 13.4. The number of carbonyl (C=O) groups is 2. The molecule has 0 fully saturated rings. The number of hydrogen-bond donors (Lipinski definition) is 2. The van der Waals surface area contributed by atoms with Gasteiger partial charge >= 0.3 is 5.97 Å². The SMILES string of the molecule is COc1ccc2cc(C(C)C(=O)NC(CC3CC(Cl)=NO3)C(=O)O)ccc2c1. The van der Waals surface area contributed by atoms with Crippen LogP contribution in [-0.4, -0.2) is 41.4 Å². The van der Waals surface area contributed by atoms with Gasteiger partial charge in [0.2, 0.25) is 5.91 Å². The molecule has 8 heteroatoms. The molecule has 1 aliphatic rings. The van der Waals surface area contributed by atoms with Gasteiger partial charge in [-0.3, -0.25) is 4.79 Å². The summed E-state index contributed by atoms with van der Waals surface area (Å²) in [5.74, 6) is -1.26. The number of carbonyl (C=O) groups excluding carboxylic acids is 1. The minimum atomic E-state index is -1.13. The van der Waals surface area contributed by atoms with Gasteiger partial charge in [0.1, 0.15) is 23.1 Å². The number of amides is 1. The summed E-state index contributed by atoms with van der Waals surface area (Å²) in [6, 6.07) is 10.3.